The molecule has 3 atom stereocenters. The number of nitrogens with zero attached hydrogens (tertiary/aromatic N) is 1. The number of amides is 2. The molecule has 5 nitrogen and oxygen atoms in total. The highest BCUT2D eigenvalue weighted by molar-refractivity contribution is 5.76. The molecule has 3 fully saturated rings. The lowest BCUT2D eigenvalue weighted by Gasteiger charge is -2.39. The lowest BCUT2D eigenvalue weighted by molar-refractivity contribution is -0.138. The van der Waals surface area contributed by atoms with E-state index in [1.54, 1.807) is 0 Å². The van der Waals surface area contributed by atoms with Gasteiger partial charge in [-0.15, -0.1) is 0 Å². The predicted molar refractivity (Wildman–Crippen MR) is 79.0 cm³/mol. The summed E-state index contributed by atoms with van der Waals surface area (Å²) in [5.74, 6) is 0.349. The van der Waals surface area contributed by atoms with Gasteiger partial charge in [0.25, 0.3) is 0 Å². The Morgan fingerprint density at radius 3 is 2.29 bits per heavy atom. The van der Waals surface area contributed by atoms with Crippen molar-refractivity contribution in [3.05, 3.63) is 0 Å². The summed E-state index contributed by atoms with van der Waals surface area (Å²) in [5.41, 5.74) is 0. The van der Waals surface area contributed by atoms with Gasteiger partial charge in [0.15, 0.2) is 0 Å². The van der Waals surface area contributed by atoms with Crippen LogP contribution >= 0.6 is 0 Å². The molecule has 2 aliphatic heterocycles. The van der Waals surface area contributed by atoms with Crippen LogP contribution in [0.1, 0.15) is 58.3 Å². The molecule has 21 heavy (non-hydrogen) atoms. The van der Waals surface area contributed by atoms with Crippen LogP contribution in [0.2, 0.25) is 0 Å². The first kappa shape index (κ1) is 14.7. The zero-order valence-corrected chi connectivity index (χ0v) is 12.8. The zero-order chi connectivity index (χ0) is 15.0. The SMILES string of the molecule is CC(CC1CC1)NC(=O)N1C2CCC1CC(CC(=O)O)C2. The third kappa shape index (κ3) is 3.50. The van der Waals surface area contributed by atoms with Crippen molar-refractivity contribution < 1.29 is 14.7 Å². The van der Waals surface area contributed by atoms with Crippen LogP contribution in [0, 0.1) is 11.8 Å². The fraction of sp³-hybridized carbons (Fsp3) is 0.875. The summed E-state index contributed by atoms with van der Waals surface area (Å²) < 4.78 is 0. The van der Waals surface area contributed by atoms with Gasteiger partial charge < -0.3 is 15.3 Å². The van der Waals surface area contributed by atoms with E-state index >= 15 is 0 Å². The molecule has 1 aliphatic carbocycles. The van der Waals surface area contributed by atoms with Gasteiger partial charge in [-0.3, -0.25) is 4.79 Å². The number of carbonyl (C=O) groups is 2. The van der Waals surface area contributed by atoms with E-state index in [2.05, 4.69) is 12.2 Å². The Morgan fingerprint density at radius 2 is 1.76 bits per heavy atom. The van der Waals surface area contributed by atoms with E-state index in [0.29, 0.717) is 0 Å². The molecule has 2 N–H and O–H groups in total. The van der Waals surface area contributed by atoms with Gasteiger partial charge in [-0.1, -0.05) is 12.8 Å². The van der Waals surface area contributed by atoms with Crippen LogP contribution in [0.15, 0.2) is 0 Å². The quantitative estimate of drug-likeness (QED) is 0.819. The summed E-state index contributed by atoms with van der Waals surface area (Å²) in [6.07, 6.45) is 7.74. The van der Waals surface area contributed by atoms with Gasteiger partial charge in [0.05, 0.1) is 0 Å². The second-order valence-electron chi connectivity index (χ2n) is 7.26. The molecule has 0 aromatic heterocycles. The van der Waals surface area contributed by atoms with Crippen molar-refractivity contribution in [2.24, 2.45) is 11.8 Å². The van der Waals surface area contributed by atoms with Crippen molar-refractivity contribution in [2.45, 2.75) is 76.4 Å². The second-order valence-corrected chi connectivity index (χ2v) is 7.26. The molecule has 2 bridgehead atoms. The molecule has 0 aromatic carbocycles. The molecule has 1 saturated carbocycles. The Bertz CT molecular complexity index is 408. The Balaban J connectivity index is 1.54. The van der Waals surface area contributed by atoms with Crippen molar-refractivity contribution >= 4 is 12.0 Å². The van der Waals surface area contributed by atoms with E-state index in [9.17, 15) is 9.59 Å². The van der Waals surface area contributed by atoms with Gasteiger partial charge >= 0.3 is 12.0 Å². The lowest BCUT2D eigenvalue weighted by Crippen LogP contribution is -2.52. The molecule has 3 unspecified atom stereocenters. The number of urea groups is 1. The normalized spacial score (nSPS) is 32.8. The third-order valence-corrected chi connectivity index (χ3v) is 5.28. The number of aliphatic carboxylic acids is 1. The van der Waals surface area contributed by atoms with E-state index in [1.807, 2.05) is 4.90 Å². The Kier molecular flexibility index (Phi) is 4.09. The molecule has 0 aromatic rings. The maximum absolute atomic E-state index is 12.5. The standard InChI is InChI=1S/C16H26N2O3/c1-10(6-11-2-3-11)17-16(21)18-13-4-5-14(18)8-12(7-13)9-15(19)20/h10-14H,2-9H2,1H3,(H,17,21)(H,19,20). The molecule has 0 spiro atoms. The molecule has 3 aliphatic rings. The number of rotatable bonds is 5. The Labute approximate surface area is 126 Å². The van der Waals surface area contributed by atoms with E-state index < -0.39 is 5.97 Å². The zero-order valence-electron chi connectivity index (χ0n) is 12.8. The third-order valence-electron chi connectivity index (χ3n) is 5.28. The lowest BCUT2D eigenvalue weighted by atomic mass is 9.88. The highest BCUT2D eigenvalue weighted by Gasteiger charge is 2.43. The average molecular weight is 294 g/mol. The largest absolute Gasteiger partial charge is 0.481 e. The van der Waals surface area contributed by atoms with Gasteiger partial charge in [-0.05, 0) is 50.9 Å². The topological polar surface area (TPSA) is 69.6 Å². The number of nitrogens with one attached hydrogen (secondary N) is 1. The van der Waals surface area contributed by atoms with Crippen LogP contribution in [-0.4, -0.2) is 40.1 Å². The number of carboxylic acids is 1. The molecule has 5 heteroatoms. The van der Waals surface area contributed by atoms with Crippen LogP contribution < -0.4 is 5.32 Å². The summed E-state index contributed by atoms with van der Waals surface area (Å²) in [4.78, 5) is 25.4. The fourth-order valence-electron chi connectivity index (χ4n) is 4.23. The van der Waals surface area contributed by atoms with Crippen LogP contribution in [-0.2, 0) is 4.79 Å². The van der Waals surface area contributed by atoms with Crippen LogP contribution in [0.25, 0.3) is 0 Å². The summed E-state index contributed by atoms with van der Waals surface area (Å²) in [5, 5.41) is 12.1. The second kappa shape index (κ2) is 5.85. The highest BCUT2D eigenvalue weighted by atomic mass is 16.4. The predicted octanol–water partition coefficient (Wildman–Crippen LogP) is 2.60. The molecular formula is C16H26N2O3. The summed E-state index contributed by atoms with van der Waals surface area (Å²) >= 11 is 0. The minimum atomic E-state index is -0.713. The Morgan fingerprint density at radius 1 is 1.14 bits per heavy atom. The van der Waals surface area contributed by atoms with Crippen LogP contribution in [0.5, 0.6) is 0 Å². The van der Waals surface area contributed by atoms with Crippen molar-refractivity contribution in [3.8, 4) is 0 Å². The number of fused-ring (bicyclic) bond motifs is 2. The molecule has 0 radical (unpaired) electrons. The molecular weight excluding hydrogens is 268 g/mol. The summed E-state index contributed by atoms with van der Waals surface area (Å²) in [6.45, 7) is 2.09. The number of piperidine rings is 1. The van der Waals surface area contributed by atoms with Gasteiger partial charge in [-0.2, -0.15) is 0 Å². The minimum Gasteiger partial charge on any atom is -0.481 e. The van der Waals surface area contributed by atoms with Crippen LogP contribution in [0.3, 0.4) is 0 Å². The molecule has 3 rings (SSSR count). The Hall–Kier alpha value is -1.26. The summed E-state index contributed by atoms with van der Waals surface area (Å²) in [7, 11) is 0. The molecule has 118 valence electrons. The average Bonchev–Trinajstić information content (AvgIpc) is 3.13. The number of hydrogen-bond acceptors (Lipinski definition) is 2. The monoisotopic (exact) mass is 294 g/mol. The van der Waals surface area contributed by atoms with Crippen molar-refractivity contribution in [2.75, 3.05) is 0 Å². The van der Waals surface area contributed by atoms with E-state index in [4.69, 9.17) is 5.11 Å². The molecule has 2 amide bonds. The number of carbonyl (C=O) groups excluding carboxylic acids is 1. The van der Waals surface area contributed by atoms with Crippen molar-refractivity contribution in [1.29, 1.82) is 0 Å². The first-order chi connectivity index (χ1) is 10.0. The number of hydrogen-bond donors (Lipinski definition) is 2. The maximum Gasteiger partial charge on any atom is 0.318 e. The van der Waals surface area contributed by atoms with E-state index in [-0.39, 0.29) is 36.5 Å². The first-order valence-electron chi connectivity index (χ1n) is 8.33. The first-order valence-corrected chi connectivity index (χ1v) is 8.33. The highest BCUT2D eigenvalue weighted by Crippen LogP contribution is 2.40. The van der Waals surface area contributed by atoms with Gasteiger partial charge in [0.1, 0.15) is 0 Å². The fourth-order valence-corrected chi connectivity index (χ4v) is 4.23. The summed E-state index contributed by atoms with van der Waals surface area (Å²) in [6, 6.07) is 0.827. The van der Waals surface area contributed by atoms with Gasteiger partial charge in [-0.25, -0.2) is 4.79 Å². The smallest absolute Gasteiger partial charge is 0.318 e. The van der Waals surface area contributed by atoms with Crippen molar-refractivity contribution in [1.82, 2.24) is 10.2 Å². The molecule has 2 heterocycles. The van der Waals surface area contributed by atoms with E-state index in [0.717, 1.165) is 38.0 Å². The number of carboxylic acid groups (broad SMARTS) is 1. The van der Waals surface area contributed by atoms with Crippen LogP contribution in [0.4, 0.5) is 4.79 Å². The van der Waals surface area contributed by atoms with Gasteiger partial charge in [0, 0.05) is 24.5 Å². The van der Waals surface area contributed by atoms with E-state index in [1.165, 1.54) is 12.8 Å². The van der Waals surface area contributed by atoms with Crippen molar-refractivity contribution in [3.63, 3.8) is 0 Å². The van der Waals surface area contributed by atoms with Gasteiger partial charge in [0.2, 0.25) is 0 Å². The maximum atomic E-state index is 12.5. The molecule has 2 saturated heterocycles. The minimum absolute atomic E-state index is 0.0735.